The molecule has 2 aromatic heterocycles. The van der Waals surface area contributed by atoms with Crippen molar-refractivity contribution in [1.82, 2.24) is 20.1 Å². The van der Waals surface area contributed by atoms with Crippen LogP contribution in [0, 0.1) is 13.8 Å². The Kier molecular flexibility index (Phi) is 5.01. The van der Waals surface area contributed by atoms with Gasteiger partial charge in [0, 0.05) is 29.1 Å². The monoisotopic (exact) mass is 320 g/mol. The molecule has 22 heavy (non-hydrogen) atoms. The number of nitrogens with zero attached hydrogens (tertiary/aromatic N) is 3. The van der Waals surface area contributed by atoms with Gasteiger partial charge in [-0.15, -0.1) is 11.3 Å². The van der Waals surface area contributed by atoms with Gasteiger partial charge < -0.3 is 5.32 Å². The zero-order chi connectivity index (χ0) is 16.4. The molecule has 1 amide bonds. The van der Waals surface area contributed by atoms with Crippen LogP contribution in [0.3, 0.4) is 0 Å². The topological polar surface area (TPSA) is 59.8 Å². The maximum absolute atomic E-state index is 12.4. The number of aromatic nitrogens is 3. The molecule has 0 spiro atoms. The van der Waals surface area contributed by atoms with Crippen LogP contribution in [0.2, 0.25) is 0 Å². The van der Waals surface area contributed by atoms with Crippen molar-refractivity contribution in [3.63, 3.8) is 0 Å². The van der Waals surface area contributed by atoms with Gasteiger partial charge in [-0.1, -0.05) is 13.8 Å². The highest BCUT2D eigenvalue weighted by molar-refractivity contribution is 7.09. The molecule has 1 N–H and O–H groups in total. The fourth-order valence-corrected chi connectivity index (χ4v) is 3.46. The fraction of sp³-hybridized carbons (Fsp3) is 0.562. The molecule has 2 heterocycles. The first kappa shape index (κ1) is 16.7. The Morgan fingerprint density at radius 2 is 2.05 bits per heavy atom. The summed E-state index contributed by atoms with van der Waals surface area (Å²) in [7, 11) is 0. The summed E-state index contributed by atoms with van der Waals surface area (Å²) in [5.74, 6) is 0.218. The summed E-state index contributed by atoms with van der Waals surface area (Å²) in [4.78, 5) is 16.8. The van der Waals surface area contributed by atoms with Gasteiger partial charge in [0.15, 0.2) is 0 Å². The summed E-state index contributed by atoms with van der Waals surface area (Å²) in [6, 6.07) is -0.0861. The molecule has 0 saturated carbocycles. The number of rotatable bonds is 5. The smallest absolute Gasteiger partial charge is 0.271 e. The third-order valence-corrected chi connectivity index (χ3v) is 4.91. The van der Waals surface area contributed by atoms with E-state index >= 15 is 0 Å². The van der Waals surface area contributed by atoms with Crippen molar-refractivity contribution in [3.8, 4) is 0 Å². The zero-order valence-electron chi connectivity index (χ0n) is 14.1. The number of thiazole rings is 1. The molecule has 1 atom stereocenters. The number of aryl methyl sites for hydroxylation is 2. The molecule has 2 rings (SSSR count). The largest absolute Gasteiger partial charge is 0.344 e. The molecule has 0 aliphatic heterocycles. The van der Waals surface area contributed by atoms with Gasteiger partial charge in [0.05, 0.1) is 16.7 Å². The molecular formula is C16H24N4OS. The number of amides is 1. The summed E-state index contributed by atoms with van der Waals surface area (Å²) in [6.45, 7) is 13.1. The van der Waals surface area contributed by atoms with Crippen molar-refractivity contribution >= 4 is 17.2 Å². The molecule has 5 nitrogen and oxygen atoms in total. The lowest BCUT2D eigenvalue weighted by atomic mass is 10.1. The summed E-state index contributed by atoms with van der Waals surface area (Å²) >= 11 is 1.53. The maximum atomic E-state index is 12.4. The summed E-state index contributed by atoms with van der Waals surface area (Å²) < 4.78 is 1.97. The van der Waals surface area contributed by atoms with Gasteiger partial charge in [-0.2, -0.15) is 5.10 Å². The first-order valence-corrected chi connectivity index (χ1v) is 8.53. The average molecular weight is 320 g/mol. The number of hydrogen-bond donors (Lipinski definition) is 1. The Hall–Kier alpha value is -1.69. The van der Waals surface area contributed by atoms with E-state index in [0.717, 1.165) is 28.5 Å². The second-order valence-corrected chi connectivity index (χ2v) is 6.71. The zero-order valence-corrected chi connectivity index (χ0v) is 14.9. The maximum Gasteiger partial charge on any atom is 0.271 e. The van der Waals surface area contributed by atoms with E-state index in [1.165, 1.54) is 11.3 Å². The van der Waals surface area contributed by atoms with Crippen LogP contribution in [0.15, 0.2) is 5.38 Å². The Labute approximate surface area is 135 Å². The average Bonchev–Trinajstić information content (AvgIpc) is 3.03. The van der Waals surface area contributed by atoms with Gasteiger partial charge >= 0.3 is 0 Å². The molecular weight excluding hydrogens is 296 g/mol. The highest BCUT2D eigenvalue weighted by Crippen LogP contribution is 2.23. The van der Waals surface area contributed by atoms with Crippen LogP contribution in [-0.4, -0.2) is 20.7 Å². The van der Waals surface area contributed by atoms with E-state index in [-0.39, 0.29) is 11.9 Å². The van der Waals surface area contributed by atoms with Crippen LogP contribution in [0.25, 0.3) is 0 Å². The molecule has 0 bridgehead atoms. The van der Waals surface area contributed by atoms with Gasteiger partial charge in [-0.25, -0.2) is 4.98 Å². The van der Waals surface area contributed by atoms with Crippen molar-refractivity contribution in [2.24, 2.45) is 0 Å². The van der Waals surface area contributed by atoms with Crippen molar-refractivity contribution in [2.75, 3.05) is 0 Å². The van der Waals surface area contributed by atoms with E-state index in [0.29, 0.717) is 11.6 Å². The molecule has 0 unspecified atom stereocenters. The highest BCUT2D eigenvalue weighted by Gasteiger charge is 2.20. The van der Waals surface area contributed by atoms with E-state index in [4.69, 9.17) is 0 Å². The lowest BCUT2D eigenvalue weighted by Gasteiger charge is -2.14. The van der Waals surface area contributed by atoms with E-state index in [1.807, 2.05) is 30.8 Å². The summed E-state index contributed by atoms with van der Waals surface area (Å²) in [5, 5.41) is 10.4. The predicted molar refractivity (Wildman–Crippen MR) is 89.5 cm³/mol. The van der Waals surface area contributed by atoms with Gasteiger partial charge in [-0.3, -0.25) is 9.48 Å². The van der Waals surface area contributed by atoms with E-state index < -0.39 is 0 Å². The normalized spacial score (nSPS) is 12.7. The summed E-state index contributed by atoms with van der Waals surface area (Å²) in [5.41, 5.74) is 3.66. The SMILES string of the molecule is CCn1nc(C)c([C@@H](C)NC(=O)c2csc(C(C)C)n2)c1C. The number of hydrogen-bond acceptors (Lipinski definition) is 4. The minimum Gasteiger partial charge on any atom is -0.344 e. The molecule has 2 aromatic rings. The Bertz CT molecular complexity index is 672. The minimum atomic E-state index is -0.126. The van der Waals surface area contributed by atoms with Crippen LogP contribution in [-0.2, 0) is 6.54 Å². The quantitative estimate of drug-likeness (QED) is 0.916. The number of nitrogens with one attached hydrogen (secondary N) is 1. The molecule has 0 aliphatic carbocycles. The first-order chi connectivity index (χ1) is 10.3. The van der Waals surface area contributed by atoms with Gasteiger partial charge in [0.25, 0.3) is 5.91 Å². The first-order valence-electron chi connectivity index (χ1n) is 7.65. The van der Waals surface area contributed by atoms with Crippen LogP contribution in [0.1, 0.15) is 72.1 Å². The molecule has 0 radical (unpaired) electrons. The fourth-order valence-electron chi connectivity index (χ4n) is 2.65. The number of carbonyl (C=O) groups excluding carboxylic acids is 1. The van der Waals surface area contributed by atoms with Crippen molar-refractivity contribution < 1.29 is 4.79 Å². The molecule has 0 aromatic carbocycles. The van der Waals surface area contributed by atoms with Gasteiger partial charge in [-0.05, 0) is 27.7 Å². The van der Waals surface area contributed by atoms with Crippen molar-refractivity contribution in [2.45, 2.75) is 60.0 Å². The number of carbonyl (C=O) groups is 1. The molecule has 0 fully saturated rings. The predicted octanol–water partition coefficient (Wildman–Crippen LogP) is 3.59. The summed E-state index contributed by atoms with van der Waals surface area (Å²) in [6.07, 6.45) is 0. The third kappa shape index (κ3) is 3.21. The van der Waals surface area contributed by atoms with E-state index in [9.17, 15) is 4.79 Å². The minimum absolute atomic E-state index is 0.0861. The third-order valence-electron chi connectivity index (χ3n) is 3.77. The molecule has 0 saturated heterocycles. The van der Waals surface area contributed by atoms with Gasteiger partial charge in [0.2, 0.25) is 0 Å². The lowest BCUT2D eigenvalue weighted by Crippen LogP contribution is -2.27. The Morgan fingerprint density at radius 1 is 1.36 bits per heavy atom. The Balaban J connectivity index is 2.16. The van der Waals surface area contributed by atoms with E-state index in [1.54, 1.807) is 0 Å². The van der Waals surface area contributed by atoms with Gasteiger partial charge in [0.1, 0.15) is 5.69 Å². The Morgan fingerprint density at radius 3 is 2.55 bits per heavy atom. The molecule has 0 aliphatic rings. The second-order valence-electron chi connectivity index (χ2n) is 5.82. The highest BCUT2D eigenvalue weighted by atomic mass is 32.1. The lowest BCUT2D eigenvalue weighted by molar-refractivity contribution is 0.0935. The van der Waals surface area contributed by atoms with Crippen LogP contribution < -0.4 is 5.32 Å². The molecule has 6 heteroatoms. The van der Waals surface area contributed by atoms with Crippen LogP contribution >= 0.6 is 11.3 Å². The molecule has 120 valence electrons. The van der Waals surface area contributed by atoms with Crippen LogP contribution in [0.5, 0.6) is 0 Å². The van der Waals surface area contributed by atoms with Crippen molar-refractivity contribution in [3.05, 3.63) is 33.0 Å². The van der Waals surface area contributed by atoms with Crippen LogP contribution in [0.4, 0.5) is 0 Å². The van der Waals surface area contributed by atoms with E-state index in [2.05, 4.69) is 36.2 Å². The van der Waals surface area contributed by atoms with Crippen molar-refractivity contribution in [1.29, 1.82) is 0 Å². The second kappa shape index (κ2) is 6.60. The standard InChI is InChI=1S/C16H24N4OS/c1-7-20-12(6)14(11(5)19-20)10(4)17-15(21)13-8-22-16(18-13)9(2)3/h8-10H,7H2,1-6H3,(H,17,21)/t10-/m1/s1.